The number of carbonyl (C=O) groups is 2. The van der Waals surface area contributed by atoms with Gasteiger partial charge < -0.3 is 14.7 Å². The lowest BCUT2D eigenvalue weighted by atomic mass is 9.74. The molecule has 8 heteroatoms. The molecule has 0 aromatic heterocycles. The van der Waals surface area contributed by atoms with E-state index in [1.165, 1.54) is 6.07 Å². The van der Waals surface area contributed by atoms with Gasteiger partial charge in [0.1, 0.15) is 5.82 Å². The average molecular weight is 609 g/mol. The minimum absolute atomic E-state index is 0.0149. The number of fused-ring (bicyclic) bond motifs is 2. The largest absolute Gasteiger partial charge is 0.338 e. The van der Waals surface area contributed by atoms with Crippen molar-refractivity contribution in [1.82, 2.24) is 9.80 Å². The van der Waals surface area contributed by atoms with E-state index in [0.29, 0.717) is 16.6 Å². The lowest BCUT2D eigenvalue weighted by Gasteiger charge is -2.40. The summed E-state index contributed by atoms with van der Waals surface area (Å²) in [5.74, 6) is -0.0617. The predicted octanol–water partition coefficient (Wildman–Crippen LogP) is 7.01. The van der Waals surface area contributed by atoms with Gasteiger partial charge in [-0.1, -0.05) is 59.6 Å². The number of anilines is 1. The summed E-state index contributed by atoms with van der Waals surface area (Å²) in [6.07, 6.45) is 2.40. The highest BCUT2D eigenvalue weighted by molar-refractivity contribution is 6.42. The Morgan fingerprint density at radius 2 is 1.74 bits per heavy atom. The zero-order chi connectivity index (χ0) is 29.8. The number of carbonyl (C=O) groups excluding carboxylic acids is 2. The van der Waals surface area contributed by atoms with Crippen LogP contribution in [0.3, 0.4) is 0 Å². The fourth-order valence-corrected chi connectivity index (χ4v) is 7.63. The van der Waals surface area contributed by atoms with Crippen LogP contribution in [0.1, 0.15) is 55.8 Å². The van der Waals surface area contributed by atoms with Crippen LogP contribution in [0.2, 0.25) is 10.0 Å². The number of piperidine rings is 1. The van der Waals surface area contributed by atoms with Gasteiger partial charge >= 0.3 is 0 Å². The highest BCUT2D eigenvalue weighted by Crippen LogP contribution is 2.57. The molecule has 220 valence electrons. The maximum absolute atomic E-state index is 14.3. The Balaban J connectivity index is 1.22. The topological polar surface area (TPSA) is 43.9 Å². The van der Waals surface area contributed by atoms with Crippen LogP contribution in [-0.4, -0.2) is 54.8 Å². The van der Waals surface area contributed by atoms with E-state index in [1.807, 2.05) is 42.3 Å². The number of rotatable bonds is 6. The first-order valence-corrected chi connectivity index (χ1v) is 15.4. The van der Waals surface area contributed by atoms with Crippen molar-refractivity contribution in [3.8, 4) is 0 Å². The molecule has 0 unspecified atom stereocenters. The minimum Gasteiger partial charge on any atom is -0.338 e. The van der Waals surface area contributed by atoms with Gasteiger partial charge in [-0.2, -0.15) is 0 Å². The second kappa shape index (κ2) is 11.0. The molecule has 3 aromatic rings. The summed E-state index contributed by atoms with van der Waals surface area (Å²) in [6.45, 7) is 6.64. The number of hydrogen-bond donors (Lipinski definition) is 0. The van der Waals surface area contributed by atoms with E-state index < -0.39 is 5.41 Å². The van der Waals surface area contributed by atoms with Gasteiger partial charge in [0.15, 0.2) is 0 Å². The lowest BCUT2D eigenvalue weighted by molar-refractivity contribution is -0.135. The molecule has 6 rings (SSSR count). The highest BCUT2D eigenvalue weighted by atomic mass is 35.5. The third kappa shape index (κ3) is 4.91. The van der Waals surface area contributed by atoms with Crippen LogP contribution in [-0.2, 0) is 20.4 Å². The van der Waals surface area contributed by atoms with Gasteiger partial charge in [0.2, 0.25) is 11.8 Å². The second-order valence-corrected chi connectivity index (χ2v) is 13.2. The molecule has 3 aromatic carbocycles. The number of likely N-dealkylation sites (tertiary alicyclic amines) is 1. The standard InChI is InChI=1S/C34H36Cl2FN3O2/c1-22(24-7-5-4-6-8-24)38(3)32(42)34(25-9-11-29(35)30(36)17-25)19-26(34)20-39-15-13-33(14-16-39)21-40(23(2)41)31-12-10-27(37)18-28(31)33/h4-12,17-18,22,26H,13-16,19-21H2,1-3H3/t22-,26+,34-/m1/s1. The van der Waals surface area contributed by atoms with Crippen molar-refractivity contribution in [2.75, 3.05) is 38.1 Å². The summed E-state index contributed by atoms with van der Waals surface area (Å²) < 4.78 is 14.3. The second-order valence-electron chi connectivity index (χ2n) is 12.4. The Morgan fingerprint density at radius 3 is 2.40 bits per heavy atom. The van der Waals surface area contributed by atoms with Crippen LogP contribution < -0.4 is 4.90 Å². The summed E-state index contributed by atoms with van der Waals surface area (Å²) in [7, 11) is 1.89. The number of hydrogen-bond acceptors (Lipinski definition) is 3. The summed E-state index contributed by atoms with van der Waals surface area (Å²) in [5.41, 5.74) is 2.86. The monoisotopic (exact) mass is 607 g/mol. The molecule has 42 heavy (non-hydrogen) atoms. The molecule has 2 amide bonds. The van der Waals surface area contributed by atoms with Gasteiger partial charge in [0.25, 0.3) is 0 Å². The van der Waals surface area contributed by atoms with Crippen molar-refractivity contribution >= 4 is 40.7 Å². The van der Waals surface area contributed by atoms with E-state index >= 15 is 0 Å². The smallest absolute Gasteiger partial charge is 0.233 e. The van der Waals surface area contributed by atoms with Gasteiger partial charge in [-0.05, 0) is 92.2 Å². The van der Waals surface area contributed by atoms with Gasteiger partial charge in [-0.15, -0.1) is 0 Å². The number of halogens is 3. The Morgan fingerprint density at radius 1 is 1.02 bits per heavy atom. The molecule has 2 fully saturated rings. The molecule has 1 spiro atoms. The fraction of sp³-hybridized carbons (Fsp3) is 0.412. The van der Waals surface area contributed by atoms with E-state index in [2.05, 4.69) is 24.0 Å². The highest BCUT2D eigenvalue weighted by Gasteiger charge is 2.62. The zero-order valence-corrected chi connectivity index (χ0v) is 25.8. The van der Waals surface area contributed by atoms with Crippen LogP contribution >= 0.6 is 23.2 Å². The summed E-state index contributed by atoms with van der Waals surface area (Å²) in [5, 5.41) is 0.924. The number of benzene rings is 3. The molecule has 3 aliphatic rings. The SMILES string of the molecule is CC(=O)N1CC2(CCN(C[C@@H]3C[C@@]3(C(=O)N(C)[C@H](C)c3ccccc3)c3ccc(Cl)c(Cl)c3)CC2)c2cc(F)ccc21. The van der Waals surface area contributed by atoms with Crippen LogP contribution in [0, 0.1) is 11.7 Å². The fourth-order valence-electron chi connectivity index (χ4n) is 7.33. The van der Waals surface area contributed by atoms with Crippen molar-refractivity contribution < 1.29 is 14.0 Å². The molecular weight excluding hydrogens is 572 g/mol. The van der Waals surface area contributed by atoms with Crippen molar-refractivity contribution in [3.63, 3.8) is 0 Å². The van der Waals surface area contributed by atoms with E-state index in [1.54, 1.807) is 30.0 Å². The molecule has 1 aliphatic carbocycles. The van der Waals surface area contributed by atoms with E-state index in [4.69, 9.17) is 23.2 Å². The third-order valence-electron chi connectivity index (χ3n) is 10.1. The Bertz CT molecular complexity index is 1520. The molecule has 0 bridgehead atoms. The van der Waals surface area contributed by atoms with Crippen LogP contribution in [0.5, 0.6) is 0 Å². The molecule has 2 aliphatic heterocycles. The number of likely N-dealkylation sites (N-methyl/N-ethyl adjacent to an activating group) is 1. The Labute approximate surface area is 257 Å². The first kappa shape index (κ1) is 29.2. The van der Waals surface area contributed by atoms with Gasteiger partial charge in [0, 0.05) is 38.2 Å². The molecule has 0 radical (unpaired) electrons. The van der Waals surface area contributed by atoms with E-state index in [9.17, 15) is 14.0 Å². The first-order chi connectivity index (χ1) is 20.1. The van der Waals surface area contributed by atoms with Gasteiger partial charge in [0.05, 0.1) is 21.5 Å². The Hall–Kier alpha value is -2.93. The maximum atomic E-state index is 14.3. The summed E-state index contributed by atoms with van der Waals surface area (Å²) >= 11 is 12.7. The number of amides is 2. The molecule has 0 N–H and O–H groups in total. The van der Waals surface area contributed by atoms with Crippen LogP contribution in [0.15, 0.2) is 66.7 Å². The Kier molecular flexibility index (Phi) is 7.61. The maximum Gasteiger partial charge on any atom is 0.233 e. The van der Waals surface area contributed by atoms with E-state index in [0.717, 1.165) is 61.3 Å². The normalized spacial score (nSPS) is 23.5. The van der Waals surface area contributed by atoms with Crippen LogP contribution in [0.25, 0.3) is 0 Å². The average Bonchev–Trinajstić information content (AvgIpc) is 3.63. The molecule has 2 heterocycles. The molecule has 1 saturated heterocycles. The molecule has 1 saturated carbocycles. The van der Waals surface area contributed by atoms with Crippen molar-refractivity contribution in [3.05, 3.63) is 99.3 Å². The van der Waals surface area contributed by atoms with E-state index in [-0.39, 0.29) is 35.0 Å². The third-order valence-corrected chi connectivity index (χ3v) is 10.8. The van der Waals surface area contributed by atoms with Crippen molar-refractivity contribution in [2.24, 2.45) is 5.92 Å². The van der Waals surface area contributed by atoms with Gasteiger partial charge in [-0.3, -0.25) is 9.59 Å². The van der Waals surface area contributed by atoms with Crippen molar-refractivity contribution in [1.29, 1.82) is 0 Å². The lowest BCUT2D eigenvalue weighted by Crippen LogP contribution is -2.47. The quantitative estimate of drug-likeness (QED) is 0.303. The minimum atomic E-state index is -0.671. The van der Waals surface area contributed by atoms with Crippen molar-refractivity contribution in [2.45, 2.75) is 50.0 Å². The number of nitrogens with zero attached hydrogens (tertiary/aromatic N) is 3. The molecular formula is C34H36Cl2FN3O2. The molecule has 5 nitrogen and oxygen atoms in total. The first-order valence-electron chi connectivity index (χ1n) is 14.6. The molecule has 3 atom stereocenters. The van der Waals surface area contributed by atoms with Gasteiger partial charge in [-0.25, -0.2) is 4.39 Å². The summed E-state index contributed by atoms with van der Waals surface area (Å²) in [4.78, 5) is 32.8. The summed E-state index contributed by atoms with van der Waals surface area (Å²) in [6, 6.07) is 20.4. The van der Waals surface area contributed by atoms with Crippen LogP contribution in [0.4, 0.5) is 10.1 Å². The zero-order valence-electron chi connectivity index (χ0n) is 24.2. The predicted molar refractivity (Wildman–Crippen MR) is 166 cm³/mol.